The van der Waals surface area contributed by atoms with Crippen molar-refractivity contribution in [2.45, 2.75) is 70.2 Å². The van der Waals surface area contributed by atoms with E-state index < -0.39 is 69.4 Å². The molecule has 2 aliphatic rings. The van der Waals surface area contributed by atoms with E-state index in [-0.39, 0.29) is 12.2 Å². The fourth-order valence-corrected chi connectivity index (χ4v) is 6.08. The van der Waals surface area contributed by atoms with Gasteiger partial charge in [-0.05, 0) is 75.9 Å². The average Bonchev–Trinajstić information content (AvgIpc) is 3.38. The lowest BCUT2D eigenvalue weighted by atomic mass is 9.82. The molecule has 0 saturated carbocycles. The van der Waals surface area contributed by atoms with Gasteiger partial charge in [0.1, 0.15) is 11.9 Å². The number of ether oxygens (including phenoxy) is 1. The second kappa shape index (κ2) is 10.0. The van der Waals surface area contributed by atoms with Gasteiger partial charge in [0.2, 0.25) is 5.91 Å². The van der Waals surface area contributed by atoms with Crippen molar-refractivity contribution in [2.75, 3.05) is 0 Å². The zero-order chi connectivity index (χ0) is 29.9. The third-order valence-electron chi connectivity index (χ3n) is 7.86. The maximum absolute atomic E-state index is 14.9. The molecular formula is C29H29F3N4O5. The van der Waals surface area contributed by atoms with Gasteiger partial charge in [-0.1, -0.05) is 6.07 Å². The number of halogens is 3. The Kier molecular flexibility index (Phi) is 6.93. The summed E-state index contributed by atoms with van der Waals surface area (Å²) >= 11 is 0. The standard InChI is InChI=1S/C29H29F3N4O5/c1-14-9-17(30)5-6-18(14)29-8-7-23(28(3,4)40)36(29)27(39)21(13-29)33-25(37)16-11-19(31)24(20(32)12-16)41-22-10-15(2)34-35-26(22)38/h5-6,9-12,21,23,40H,7-8,13H2,1-4H3,(H,33,37)(H,35,38)/t21-,23+,29+/m0/s1. The number of fused-ring (bicyclic) bond motifs is 1. The van der Waals surface area contributed by atoms with Gasteiger partial charge in [-0.2, -0.15) is 5.10 Å². The van der Waals surface area contributed by atoms with Crippen molar-refractivity contribution in [3.05, 3.63) is 86.6 Å². The van der Waals surface area contributed by atoms with Gasteiger partial charge in [0, 0.05) is 18.1 Å². The molecule has 12 heteroatoms. The smallest absolute Gasteiger partial charge is 0.307 e. The summed E-state index contributed by atoms with van der Waals surface area (Å²) in [5, 5.41) is 19.3. The first-order valence-electron chi connectivity index (χ1n) is 13.1. The van der Waals surface area contributed by atoms with Crippen molar-refractivity contribution in [3.8, 4) is 11.5 Å². The predicted molar refractivity (Wildman–Crippen MR) is 141 cm³/mol. The first-order chi connectivity index (χ1) is 19.2. The molecule has 2 fully saturated rings. The number of aryl methyl sites for hydroxylation is 2. The molecular weight excluding hydrogens is 541 g/mol. The molecule has 2 aliphatic heterocycles. The van der Waals surface area contributed by atoms with Gasteiger partial charge in [-0.25, -0.2) is 18.3 Å². The van der Waals surface area contributed by atoms with Gasteiger partial charge >= 0.3 is 5.56 Å². The minimum absolute atomic E-state index is 0.118. The molecule has 41 heavy (non-hydrogen) atoms. The second-order valence-corrected chi connectivity index (χ2v) is 11.2. The van der Waals surface area contributed by atoms with Crippen LogP contribution < -0.4 is 15.6 Å². The molecule has 0 unspecified atom stereocenters. The van der Waals surface area contributed by atoms with Crippen molar-refractivity contribution in [3.63, 3.8) is 0 Å². The molecule has 216 valence electrons. The Balaban J connectivity index is 1.43. The molecule has 3 heterocycles. The Morgan fingerprint density at radius 3 is 2.46 bits per heavy atom. The number of hydrogen-bond donors (Lipinski definition) is 3. The quantitative estimate of drug-likeness (QED) is 0.415. The van der Waals surface area contributed by atoms with Crippen LogP contribution in [0.2, 0.25) is 0 Å². The van der Waals surface area contributed by atoms with Gasteiger partial charge in [-0.3, -0.25) is 14.4 Å². The monoisotopic (exact) mass is 570 g/mol. The molecule has 9 nitrogen and oxygen atoms in total. The highest BCUT2D eigenvalue weighted by Gasteiger charge is 2.61. The Morgan fingerprint density at radius 2 is 1.83 bits per heavy atom. The molecule has 3 N–H and O–H groups in total. The minimum atomic E-state index is -1.26. The normalized spacial score (nSPS) is 22.1. The number of carbonyl (C=O) groups excluding carboxylic acids is 2. The van der Waals surface area contributed by atoms with E-state index in [1.54, 1.807) is 38.7 Å². The largest absolute Gasteiger partial charge is 0.445 e. The Bertz CT molecular complexity index is 1600. The van der Waals surface area contributed by atoms with E-state index in [0.717, 1.165) is 12.1 Å². The number of nitrogens with zero attached hydrogens (tertiary/aromatic N) is 2. The number of aromatic amines is 1. The fourth-order valence-electron chi connectivity index (χ4n) is 6.08. The average molecular weight is 571 g/mol. The molecule has 3 atom stereocenters. The van der Waals surface area contributed by atoms with Crippen LogP contribution in [0.5, 0.6) is 11.5 Å². The van der Waals surface area contributed by atoms with Crippen LogP contribution in [0, 0.1) is 31.3 Å². The summed E-state index contributed by atoms with van der Waals surface area (Å²) in [6, 6.07) is 5.33. The lowest BCUT2D eigenvalue weighted by Gasteiger charge is -2.40. The summed E-state index contributed by atoms with van der Waals surface area (Å²) in [7, 11) is 0. The number of amides is 2. The number of aromatic nitrogens is 2. The summed E-state index contributed by atoms with van der Waals surface area (Å²) < 4.78 is 48.9. The highest BCUT2D eigenvalue weighted by Crippen LogP contribution is 2.53. The molecule has 0 spiro atoms. The van der Waals surface area contributed by atoms with Gasteiger partial charge in [0.05, 0.1) is 22.9 Å². The van der Waals surface area contributed by atoms with Crippen LogP contribution in [0.25, 0.3) is 0 Å². The molecule has 0 bridgehead atoms. The number of carbonyl (C=O) groups is 2. The summed E-state index contributed by atoms with van der Waals surface area (Å²) in [6.45, 7) is 6.47. The summed E-state index contributed by atoms with van der Waals surface area (Å²) in [4.78, 5) is 40.4. The first-order valence-corrected chi connectivity index (χ1v) is 13.1. The van der Waals surface area contributed by atoms with Crippen molar-refractivity contribution in [1.82, 2.24) is 20.4 Å². The van der Waals surface area contributed by atoms with E-state index in [2.05, 4.69) is 15.5 Å². The van der Waals surface area contributed by atoms with Crippen LogP contribution in [0.15, 0.2) is 41.2 Å². The maximum Gasteiger partial charge on any atom is 0.307 e. The van der Waals surface area contributed by atoms with Crippen LogP contribution in [-0.4, -0.2) is 49.7 Å². The zero-order valence-corrected chi connectivity index (χ0v) is 22.8. The van der Waals surface area contributed by atoms with E-state index in [0.29, 0.717) is 29.7 Å². The zero-order valence-electron chi connectivity index (χ0n) is 22.8. The highest BCUT2D eigenvalue weighted by atomic mass is 19.1. The predicted octanol–water partition coefficient (Wildman–Crippen LogP) is 3.76. The molecule has 2 amide bonds. The van der Waals surface area contributed by atoms with Crippen molar-refractivity contribution in [2.24, 2.45) is 0 Å². The van der Waals surface area contributed by atoms with Gasteiger partial charge in [0.25, 0.3) is 5.91 Å². The molecule has 2 aromatic carbocycles. The van der Waals surface area contributed by atoms with Gasteiger partial charge in [0.15, 0.2) is 23.1 Å². The maximum atomic E-state index is 14.9. The summed E-state index contributed by atoms with van der Waals surface area (Å²) in [5.74, 6) is -5.52. The van der Waals surface area contributed by atoms with Crippen LogP contribution in [0.4, 0.5) is 13.2 Å². The van der Waals surface area contributed by atoms with Crippen LogP contribution >= 0.6 is 0 Å². The first kappa shape index (κ1) is 28.3. The van der Waals surface area contributed by atoms with Crippen LogP contribution in [0.3, 0.4) is 0 Å². The van der Waals surface area contributed by atoms with Gasteiger partial charge < -0.3 is 20.1 Å². The molecule has 3 aromatic rings. The third-order valence-corrected chi connectivity index (χ3v) is 7.86. The topological polar surface area (TPSA) is 125 Å². The lowest BCUT2D eigenvalue weighted by molar-refractivity contribution is -0.138. The number of nitrogens with one attached hydrogen (secondary N) is 2. The van der Waals surface area contributed by atoms with Crippen molar-refractivity contribution >= 4 is 11.8 Å². The fraction of sp³-hybridized carbons (Fsp3) is 0.379. The Hall–Kier alpha value is -4.19. The lowest BCUT2D eigenvalue weighted by Crippen LogP contribution is -2.53. The third kappa shape index (κ3) is 4.96. The number of rotatable bonds is 6. The van der Waals surface area contributed by atoms with Crippen LogP contribution in [-0.2, 0) is 10.3 Å². The SMILES string of the molecule is Cc1cc(Oc2c(F)cc(C(=O)N[C@H]3C[C@@]4(c5ccc(F)cc5C)CC[C@H](C(C)(C)O)N4C3=O)cc2F)c(=O)[nH]n1. The highest BCUT2D eigenvalue weighted by molar-refractivity contribution is 5.98. The van der Waals surface area contributed by atoms with E-state index in [1.165, 1.54) is 18.2 Å². The van der Waals surface area contributed by atoms with E-state index in [9.17, 15) is 32.7 Å². The number of H-pyrrole nitrogens is 1. The van der Waals surface area contributed by atoms with Crippen molar-refractivity contribution in [1.29, 1.82) is 0 Å². The minimum Gasteiger partial charge on any atom is -0.445 e. The Labute approximate surface area is 233 Å². The number of hydrogen-bond acceptors (Lipinski definition) is 6. The molecule has 0 radical (unpaired) electrons. The second-order valence-electron chi connectivity index (χ2n) is 11.2. The number of aliphatic hydroxyl groups is 1. The van der Waals surface area contributed by atoms with Crippen molar-refractivity contribution < 1.29 is 32.6 Å². The Morgan fingerprint density at radius 1 is 1.15 bits per heavy atom. The molecule has 1 aromatic heterocycles. The van der Waals surface area contributed by atoms with Crippen LogP contribution in [0.1, 0.15) is 60.3 Å². The van der Waals surface area contributed by atoms with E-state index >= 15 is 0 Å². The summed E-state index contributed by atoms with van der Waals surface area (Å²) in [5.41, 5.74) is -1.71. The molecule has 5 rings (SSSR count). The van der Waals surface area contributed by atoms with E-state index in [1.807, 2.05) is 0 Å². The summed E-state index contributed by atoms with van der Waals surface area (Å²) in [6.07, 6.45) is 1.08. The van der Waals surface area contributed by atoms with Gasteiger partial charge in [-0.15, -0.1) is 0 Å². The number of benzene rings is 2. The molecule has 2 saturated heterocycles. The molecule has 0 aliphatic carbocycles. The van der Waals surface area contributed by atoms with E-state index in [4.69, 9.17) is 4.74 Å².